The van der Waals surface area contributed by atoms with Gasteiger partial charge in [-0.05, 0) is 18.8 Å². The number of hydrogen-bond acceptors (Lipinski definition) is 5. The number of ether oxygens (including phenoxy) is 1. The topological polar surface area (TPSA) is 67.4 Å². The molecular weight excluding hydrogens is 292 g/mol. The monoisotopic (exact) mass is 316 g/mol. The molecule has 1 spiro atoms. The lowest BCUT2D eigenvalue weighted by atomic mass is 9.97. The van der Waals surface area contributed by atoms with Crippen LogP contribution in [0.4, 0.5) is 5.95 Å². The van der Waals surface area contributed by atoms with E-state index in [1.165, 1.54) is 12.8 Å². The first-order valence-electron chi connectivity index (χ1n) is 8.60. The minimum atomic E-state index is -0.432. The van der Waals surface area contributed by atoms with Gasteiger partial charge in [-0.15, -0.1) is 0 Å². The second kappa shape index (κ2) is 5.44. The summed E-state index contributed by atoms with van der Waals surface area (Å²) in [6, 6.07) is 0. The maximum Gasteiger partial charge on any atom is 0.225 e. The van der Waals surface area contributed by atoms with Crippen molar-refractivity contribution in [2.45, 2.75) is 45.3 Å². The molecule has 1 saturated heterocycles. The fraction of sp³-hybridized carbons (Fsp3) is 0.706. The molecule has 1 amide bonds. The number of fused-ring (bicyclic) bond motifs is 2. The van der Waals surface area contributed by atoms with Crippen LogP contribution in [0.15, 0.2) is 6.20 Å². The fourth-order valence-electron chi connectivity index (χ4n) is 3.48. The minimum Gasteiger partial charge on any atom is -0.362 e. The third-order valence-electron chi connectivity index (χ3n) is 5.08. The first kappa shape index (κ1) is 14.9. The van der Waals surface area contributed by atoms with Crippen LogP contribution in [-0.4, -0.2) is 40.4 Å². The average Bonchev–Trinajstić information content (AvgIpc) is 3.19. The van der Waals surface area contributed by atoms with E-state index in [0.717, 1.165) is 36.7 Å². The van der Waals surface area contributed by atoms with Crippen LogP contribution in [0.2, 0.25) is 0 Å². The molecule has 0 unspecified atom stereocenters. The van der Waals surface area contributed by atoms with E-state index in [4.69, 9.17) is 9.72 Å². The third kappa shape index (κ3) is 2.69. The van der Waals surface area contributed by atoms with Gasteiger partial charge in [-0.3, -0.25) is 4.79 Å². The normalized spacial score (nSPS) is 26.1. The van der Waals surface area contributed by atoms with Gasteiger partial charge in [0.05, 0.1) is 18.8 Å². The Balaban J connectivity index is 1.54. The molecule has 4 rings (SSSR count). The van der Waals surface area contributed by atoms with E-state index in [-0.39, 0.29) is 11.8 Å². The molecule has 1 aromatic rings. The molecule has 0 bridgehead atoms. The lowest BCUT2D eigenvalue weighted by molar-refractivity contribution is -0.135. The zero-order valence-corrected chi connectivity index (χ0v) is 13.8. The zero-order valence-electron chi connectivity index (χ0n) is 13.8. The highest BCUT2D eigenvalue weighted by atomic mass is 16.5. The van der Waals surface area contributed by atoms with Crippen molar-refractivity contribution in [3.05, 3.63) is 17.5 Å². The molecule has 1 aromatic heterocycles. The van der Waals surface area contributed by atoms with Crippen molar-refractivity contribution < 1.29 is 9.53 Å². The first-order valence-corrected chi connectivity index (χ1v) is 8.60. The number of nitrogens with one attached hydrogen (secondary N) is 1. The molecule has 2 aliphatic heterocycles. The van der Waals surface area contributed by atoms with Gasteiger partial charge in [0.25, 0.3) is 0 Å². The van der Waals surface area contributed by atoms with Gasteiger partial charge in [-0.2, -0.15) is 0 Å². The van der Waals surface area contributed by atoms with E-state index < -0.39 is 5.60 Å². The molecule has 124 valence electrons. The van der Waals surface area contributed by atoms with Crippen molar-refractivity contribution in [2.24, 2.45) is 11.8 Å². The third-order valence-corrected chi connectivity index (χ3v) is 5.08. The van der Waals surface area contributed by atoms with Crippen LogP contribution >= 0.6 is 0 Å². The van der Waals surface area contributed by atoms with Crippen LogP contribution in [0.1, 0.15) is 44.4 Å². The quantitative estimate of drug-likeness (QED) is 0.919. The Bertz CT molecular complexity index is 629. The van der Waals surface area contributed by atoms with E-state index in [9.17, 15) is 4.79 Å². The number of hydrogen-bond donors (Lipinski definition) is 1. The maximum absolute atomic E-state index is 12.3. The van der Waals surface area contributed by atoms with Gasteiger partial charge in [-0.25, -0.2) is 9.97 Å². The van der Waals surface area contributed by atoms with E-state index in [1.807, 2.05) is 24.9 Å². The summed E-state index contributed by atoms with van der Waals surface area (Å²) >= 11 is 0. The van der Waals surface area contributed by atoms with E-state index >= 15 is 0 Å². The van der Waals surface area contributed by atoms with Crippen molar-refractivity contribution in [1.29, 1.82) is 0 Å². The van der Waals surface area contributed by atoms with Crippen LogP contribution in [0.3, 0.4) is 0 Å². The first-order chi connectivity index (χ1) is 11.1. The minimum absolute atomic E-state index is 0.0205. The van der Waals surface area contributed by atoms with E-state index in [2.05, 4.69) is 10.3 Å². The molecule has 0 radical (unpaired) electrons. The molecule has 1 N–H and O–H groups in total. The average molecular weight is 316 g/mol. The summed E-state index contributed by atoms with van der Waals surface area (Å²) in [4.78, 5) is 23.3. The molecule has 23 heavy (non-hydrogen) atoms. The summed E-state index contributed by atoms with van der Waals surface area (Å²) < 4.78 is 6.10. The van der Waals surface area contributed by atoms with Crippen LogP contribution in [-0.2, 0) is 21.7 Å². The van der Waals surface area contributed by atoms with Gasteiger partial charge in [0.1, 0.15) is 5.60 Å². The largest absolute Gasteiger partial charge is 0.362 e. The Hall–Kier alpha value is -1.69. The van der Waals surface area contributed by atoms with Gasteiger partial charge >= 0.3 is 0 Å². The Labute approximate surface area is 136 Å². The number of nitrogens with zero attached hydrogens (tertiary/aromatic N) is 3. The van der Waals surface area contributed by atoms with Crippen molar-refractivity contribution in [2.75, 3.05) is 25.0 Å². The molecule has 3 heterocycles. The summed E-state index contributed by atoms with van der Waals surface area (Å²) in [6.45, 7) is 6.73. The fourth-order valence-corrected chi connectivity index (χ4v) is 3.48. The van der Waals surface area contributed by atoms with Crippen molar-refractivity contribution >= 4 is 11.9 Å². The number of likely N-dealkylation sites (tertiary alicyclic amines) is 1. The second-order valence-corrected chi connectivity index (χ2v) is 7.34. The lowest BCUT2D eigenvalue weighted by Gasteiger charge is -2.24. The Morgan fingerprint density at radius 1 is 1.52 bits per heavy atom. The molecular formula is C17H24N4O2. The molecule has 3 aliphatic rings. The molecule has 1 saturated carbocycles. The van der Waals surface area contributed by atoms with Crippen LogP contribution in [0.25, 0.3) is 0 Å². The molecule has 0 aromatic carbocycles. The Morgan fingerprint density at radius 3 is 3.09 bits per heavy atom. The highest BCUT2D eigenvalue weighted by Gasteiger charge is 2.48. The molecule has 6 heteroatoms. The van der Waals surface area contributed by atoms with Gasteiger partial charge in [0, 0.05) is 37.2 Å². The Kier molecular flexibility index (Phi) is 3.52. The van der Waals surface area contributed by atoms with Gasteiger partial charge < -0.3 is 15.0 Å². The number of carbonyl (C=O) groups excluding carboxylic acids is 1. The predicted octanol–water partition coefficient (Wildman–Crippen LogP) is 1.91. The van der Waals surface area contributed by atoms with Crippen molar-refractivity contribution in [3.8, 4) is 0 Å². The zero-order chi connectivity index (χ0) is 16.0. The van der Waals surface area contributed by atoms with Gasteiger partial charge in [-0.1, -0.05) is 13.8 Å². The second-order valence-electron chi connectivity index (χ2n) is 7.34. The number of carbonyl (C=O) groups is 1. The highest BCUT2D eigenvalue weighted by molar-refractivity contribution is 5.78. The maximum atomic E-state index is 12.3. The summed E-state index contributed by atoms with van der Waals surface area (Å²) in [5.41, 5.74) is 1.60. The number of rotatable bonds is 4. The number of anilines is 1. The Morgan fingerprint density at radius 2 is 2.35 bits per heavy atom. The summed E-state index contributed by atoms with van der Waals surface area (Å²) in [6.07, 6.45) is 5.30. The number of aromatic nitrogens is 2. The molecule has 6 nitrogen and oxygen atoms in total. The SMILES string of the molecule is CC(C)C(=O)N1CC[C@]2(C1)OCc1cnc(NCC3CC3)nc12. The van der Waals surface area contributed by atoms with Crippen LogP contribution < -0.4 is 5.32 Å². The van der Waals surface area contributed by atoms with E-state index in [0.29, 0.717) is 19.1 Å². The summed E-state index contributed by atoms with van der Waals surface area (Å²) in [5, 5.41) is 3.34. The summed E-state index contributed by atoms with van der Waals surface area (Å²) in [7, 11) is 0. The predicted molar refractivity (Wildman–Crippen MR) is 85.7 cm³/mol. The van der Waals surface area contributed by atoms with E-state index in [1.54, 1.807) is 0 Å². The smallest absolute Gasteiger partial charge is 0.225 e. The van der Waals surface area contributed by atoms with Crippen LogP contribution in [0.5, 0.6) is 0 Å². The molecule has 1 atom stereocenters. The van der Waals surface area contributed by atoms with Crippen LogP contribution in [0, 0.1) is 11.8 Å². The van der Waals surface area contributed by atoms with Crippen molar-refractivity contribution in [1.82, 2.24) is 14.9 Å². The van der Waals surface area contributed by atoms with Crippen molar-refractivity contribution in [3.63, 3.8) is 0 Å². The summed E-state index contributed by atoms with van der Waals surface area (Å²) in [5.74, 6) is 1.68. The van der Waals surface area contributed by atoms with Gasteiger partial charge in [0.15, 0.2) is 0 Å². The molecule has 1 aliphatic carbocycles. The molecule has 2 fully saturated rings. The lowest BCUT2D eigenvalue weighted by Crippen LogP contribution is -2.36. The van der Waals surface area contributed by atoms with Gasteiger partial charge in [0.2, 0.25) is 11.9 Å². The standard InChI is InChI=1S/C17H24N4O2/c1-11(2)15(22)21-6-5-17(10-21)14-13(9-23-17)8-19-16(20-14)18-7-12-3-4-12/h8,11-12H,3-7,9-10H2,1-2H3,(H,18,19,20)/t17-/m1/s1. The number of amides is 1. The highest BCUT2D eigenvalue weighted by Crippen LogP contribution is 2.42.